The molecule has 0 radical (unpaired) electrons. The normalized spacial score (nSPS) is 10.8. The summed E-state index contributed by atoms with van der Waals surface area (Å²) in [5.41, 5.74) is -1.46. The van der Waals surface area contributed by atoms with Crippen LogP contribution in [0.15, 0.2) is 30.3 Å². The van der Waals surface area contributed by atoms with Gasteiger partial charge < -0.3 is 0 Å². The van der Waals surface area contributed by atoms with Gasteiger partial charge in [0.2, 0.25) is 0 Å². The van der Waals surface area contributed by atoms with Crippen LogP contribution in [-0.4, -0.2) is 0 Å². The molecule has 27 heavy (non-hydrogen) atoms. The lowest BCUT2D eigenvalue weighted by Gasteiger charge is -2.08. The van der Waals surface area contributed by atoms with Gasteiger partial charge in [0.15, 0.2) is 34.9 Å². The molecule has 0 aromatic heterocycles. The van der Waals surface area contributed by atoms with E-state index in [1.165, 1.54) is 18.2 Å². The summed E-state index contributed by atoms with van der Waals surface area (Å²) < 4.78 is 82.7. The first-order valence-corrected chi connectivity index (χ1v) is 8.09. The smallest absolute Gasteiger partial charge is 0.177 e. The Hall–Kier alpha value is -2.94. The topological polar surface area (TPSA) is 0 Å². The molecule has 0 atom stereocenters. The van der Waals surface area contributed by atoms with E-state index in [9.17, 15) is 26.3 Å². The molecule has 0 spiro atoms. The van der Waals surface area contributed by atoms with Gasteiger partial charge in [-0.3, -0.25) is 0 Å². The fourth-order valence-corrected chi connectivity index (χ4v) is 2.71. The van der Waals surface area contributed by atoms with Gasteiger partial charge in [0.25, 0.3) is 0 Å². The predicted molar refractivity (Wildman–Crippen MR) is 90.1 cm³/mol. The Labute approximate surface area is 151 Å². The summed E-state index contributed by atoms with van der Waals surface area (Å²) in [5.74, 6) is -3.62. The van der Waals surface area contributed by atoms with Gasteiger partial charge in [0, 0.05) is 11.1 Å². The molecule has 3 aromatic rings. The molecule has 138 valence electrons. The van der Waals surface area contributed by atoms with Crippen molar-refractivity contribution in [1.82, 2.24) is 0 Å². The van der Waals surface area contributed by atoms with Gasteiger partial charge in [0.1, 0.15) is 5.56 Å². The minimum absolute atomic E-state index is 0.147. The summed E-state index contributed by atoms with van der Waals surface area (Å²) in [5, 5.41) is 0.718. The number of fused-ring (bicyclic) bond motifs is 1. The standard InChI is InChI=1S/C21H12F6/c1-2-3-14-18(24)20(26)15(21(27)19(14)25)7-5-11-4-6-12-9-16(22)17(23)10-13(12)8-11/h4,6,8-10H,2-3H2,1H3. The fourth-order valence-electron chi connectivity index (χ4n) is 2.71. The van der Waals surface area contributed by atoms with E-state index in [4.69, 9.17) is 0 Å². The van der Waals surface area contributed by atoms with E-state index in [2.05, 4.69) is 11.8 Å². The second-order valence-electron chi connectivity index (χ2n) is 5.94. The Bertz CT molecular complexity index is 1080. The maximum absolute atomic E-state index is 14.1. The molecule has 0 nitrogen and oxygen atoms in total. The Kier molecular flexibility index (Phi) is 5.13. The Morgan fingerprint density at radius 1 is 0.704 bits per heavy atom. The van der Waals surface area contributed by atoms with Crippen LogP contribution in [0.3, 0.4) is 0 Å². The Balaban J connectivity index is 2.08. The maximum Gasteiger partial charge on any atom is 0.177 e. The van der Waals surface area contributed by atoms with Crippen LogP contribution in [0, 0.1) is 46.7 Å². The first-order valence-electron chi connectivity index (χ1n) is 8.09. The third kappa shape index (κ3) is 3.50. The van der Waals surface area contributed by atoms with Crippen LogP contribution >= 0.6 is 0 Å². The molecule has 3 aromatic carbocycles. The zero-order chi connectivity index (χ0) is 19.7. The summed E-state index contributed by atoms with van der Waals surface area (Å²) in [7, 11) is 0. The van der Waals surface area contributed by atoms with Gasteiger partial charge in [-0.05, 0) is 41.5 Å². The lowest BCUT2D eigenvalue weighted by molar-refractivity contribution is 0.435. The summed E-state index contributed by atoms with van der Waals surface area (Å²) >= 11 is 0. The molecule has 0 amide bonds. The van der Waals surface area contributed by atoms with E-state index in [1.807, 2.05) is 0 Å². The number of halogens is 6. The SMILES string of the molecule is CCCc1c(F)c(F)c(C#Cc2ccc3cc(F)c(F)cc3c2)c(F)c1F. The fraction of sp³-hybridized carbons (Fsp3) is 0.143. The van der Waals surface area contributed by atoms with Crippen molar-refractivity contribution < 1.29 is 26.3 Å². The molecular formula is C21H12F6. The molecule has 0 bridgehead atoms. The lowest BCUT2D eigenvalue weighted by Crippen LogP contribution is -2.06. The van der Waals surface area contributed by atoms with Gasteiger partial charge in [-0.15, -0.1) is 0 Å². The molecule has 0 unspecified atom stereocenters. The molecule has 0 heterocycles. The molecule has 0 aliphatic carbocycles. The van der Waals surface area contributed by atoms with E-state index in [1.54, 1.807) is 6.92 Å². The summed E-state index contributed by atoms with van der Waals surface area (Å²) in [6.45, 7) is 1.62. The largest absolute Gasteiger partial charge is 0.204 e. The van der Waals surface area contributed by atoms with E-state index < -0.39 is 46.0 Å². The van der Waals surface area contributed by atoms with Crippen LogP contribution in [0.25, 0.3) is 10.8 Å². The molecule has 3 rings (SSSR count). The second-order valence-corrected chi connectivity index (χ2v) is 5.94. The molecule has 0 aliphatic rings. The minimum atomic E-state index is -1.56. The van der Waals surface area contributed by atoms with Gasteiger partial charge >= 0.3 is 0 Å². The van der Waals surface area contributed by atoms with Crippen LogP contribution in [0.4, 0.5) is 26.3 Å². The van der Waals surface area contributed by atoms with Crippen molar-refractivity contribution in [3.05, 3.63) is 81.9 Å². The molecule has 0 fully saturated rings. The van der Waals surface area contributed by atoms with Crippen LogP contribution in [0.2, 0.25) is 0 Å². The average Bonchev–Trinajstić information content (AvgIpc) is 2.64. The van der Waals surface area contributed by atoms with E-state index in [0.717, 1.165) is 12.1 Å². The predicted octanol–water partition coefficient (Wildman–Crippen LogP) is 6.03. The monoisotopic (exact) mass is 378 g/mol. The van der Waals surface area contributed by atoms with Crippen LogP contribution in [-0.2, 0) is 6.42 Å². The number of benzene rings is 3. The van der Waals surface area contributed by atoms with Crippen molar-refractivity contribution in [3.8, 4) is 11.8 Å². The molecule has 0 saturated heterocycles. The highest BCUT2D eigenvalue weighted by Crippen LogP contribution is 2.25. The summed E-state index contributed by atoms with van der Waals surface area (Å²) in [4.78, 5) is 0. The second kappa shape index (κ2) is 7.36. The van der Waals surface area contributed by atoms with Crippen molar-refractivity contribution >= 4 is 10.8 Å². The van der Waals surface area contributed by atoms with Crippen molar-refractivity contribution in [2.45, 2.75) is 19.8 Å². The van der Waals surface area contributed by atoms with Crippen LogP contribution in [0.5, 0.6) is 0 Å². The van der Waals surface area contributed by atoms with Crippen molar-refractivity contribution in [3.63, 3.8) is 0 Å². The highest BCUT2D eigenvalue weighted by molar-refractivity contribution is 5.84. The zero-order valence-electron chi connectivity index (χ0n) is 14.1. The van der Waals surface area contributed by atoms with Gasteiger partial charge in [-0.1, -0.05) is 31.3 Å². The lowest BCUT2D eigenvalue weighted by atomic mass is 10.0. The molecule has 0 saturated carbocycles. The van der Waals surface area contributed by atoms with Crippen molar-refractivity contribution in [2.75, 3.05) is 0 Å². The van der Waals surface area contributed by atoms with Crippen LogP contribution in [0.1, 0.15) is 30.0 Å². The van der Waals surface area contributed by atoms with E-state index in [0.29, 0.717) is 17.2 Å². The quantitative estimate of drug-likeness (QED) is 0.290. The summed E-state index contributed by atoms with van der Waals surface area (Å²) in [6.07, 6.45) is 0.165. The van der Waals surface area contributed by atoms with Crippen LogP contribution < -0.4 is 0 Å². The van der Waals surface area contributed by atoms with Gasteiger partial charge in [-0.2, -0.15) is 0 Å². The molecule has 6 heteroatoms. The van der Waals surface area contributed by atoms with Gasteiger partial charge in [-0.25, -0.2) is 26.3 Å². The average molecular weight is 378 g/mol. The van der Waals surface area contributed by atoms with E-state index in [-0.39, 0.29) is 12.0 Å². The highest BCUT2D eigenvalue weighted by atomic mass is 19.2. The Morgan fingerprint density at radius 2 is 1.30 bits per heavy atom. The number of hydrogen-bond donors (Lipinski definition) is 0. The molecule has 0 aliphatic heterocycles. The first kappa shape index (κ1) is 18.8. The van der Waals surface area contributed by atoms with E-state index >= 15 is 0 Å². The number of rotatable bonds is 2. The van der Waals surface area contributed by atoms with Crippen molar-refractivity contribution in [2.24, 2.45) is 0 Å². The van der Waals surface area contributed by atoms with Crippen molar-refractivity contribution in [1.29, 1.82) is 0 Å². The molecule has 0 N–H and O–H groups in total. The third-order valence-corrected chi connectivity index (χ3v) is 4.07. The Morgan fingerprint density at radius 3 is 1.89 bits per heavy atom. The maximum atomic E-state index is 14.1. The third-order valence-electron chi connectivity index (χ3n) is 4.07. The summed E-state index contributed by atoms with van der Waals surface area (Å²) in [6, 6.07) is 6.19. The molecular weight excluding hydrogens is 366 g/mol. The number of hydrogen-bond acceptors (Lipinski definition) is 0. The van der Waals surface area contributed by atoms with Gasteiger partial charge in [0.05, 0.1) is 0 Å². The highest BCUT2D eigenvalue weighted by Gasteiger charge is 2.23. The first-order chi connectivity index (χ1) is 12.8. The zero-order valence-corrected chi connectivity index (χ0v) is 14.1. The minimum Gasteiger partial charge on any atom is -0.204 e.